The summed E-state index contributed by atoms with van der Waals surface area (Å²) in [6.07, 6.45) is 1.57. The van der Waals surface area contributed by atoms with Gasteiger partial charge in [-0.25, -0.2) is 9.78 Å². The number of aromatic carboxylic acids is 1. The van der Waals surface area contributed by atoms with Crippen LogP contribution in [0.25, 0.3) is 21.5 Å². The molecule has 0 radical (unpaired) electrons. The molecule has 26 heavy (non-hydrogen) atoms. The Kier molecular flexibility index (Phi) is 4.36. The van der Waals surface area contributed by atoms with Crippen molar-refractivity contribution in [2.45, 2.75) is 10.9 Å². The number of carbonyl (C=O) groups is 1. The fourth-order valence-corrected chi connectivity index (χ4v) is 4.31. The van der Waals surface area contributed by atoms with Gasteiger partial charge in [0.2, 0.25) is 0 Å². The Balaban J connectivity index is 1.58. The lowest BCUT2D eigenvalue weighted by Crippen LogP contribution is -2.08. The van der Waals surface area contributed by atoms with Gasteiger partial charge in [-0.05, 0) is 29.8 Å². The molecule has 4 aromatic rings. The Bertz CT molecular complexity index is 1130. The summed E-state index contributed by atoms with van der Waals surface area (Å²) in [6, 6.07) is 10.2. The average Bonchev–Trinajstić information content (AvgIpc) is 3.29. The summed E-state index contributed by atoms with van der Waals surface area (Å²) in [7, 11) is 0. The van der Waals surface area contributed by atoms with Crippen LogP contribution in [-0.2, 0) is 5.75 Å². The van der Waals surface area contributed by atoms with Gasteiger partial charge in [0.1, 0.15) is 10.6 Å². The van der Waals surface area contributed by atoms with Crippen molar-refractivity contribution >= 4 is 39.3 Å². The second-order valence-corrected chi connectivity index (χ2v) is 7.29. The quantitative estimate of drug-likeness (QED) is 0.395. The Hall–Kier alpha value is -2.84. The average molecular weight is 384 g/mol. The van der Waals surface area contributed by atoms with Crippen LogP contribution in [-0.4, -0.2) is 21.0 Å². The molecule has 1 aromatic carbocycles. The summed E-state index contributed by atoms with van der Waals surface area (Å²) in [5.74, 6) is 0.262. The van der Waals surface area contributed by atoms with E-state index in [1.807, 2.05) is 11.4 Å². The highest BCUT2D eigenvalue weighted by Gasteiger charge is 2.14. The van der Waals surface area contributed by atoms with Crippen molar-refractivity contribution in [3.8, 4) is 11.3 Å². The third kappa shape index (κ3) is 3.16. The molecule has 3 aromatic heterocycles. The first-order valence-corrected chi connectivity index (χ1v) is 9.49. The molecule has 0 aliphatic heterocycles. The first-order chi connectivity index (χ1) is 12.6. The number of rotatable bonds is 5. The first-order valence-electron chi connectivity index (χ1n) is 7.62. The van der Waals surface area contributed by atoms with Crippen molar-refractivity contribution in [3.63, 3.8) is 0 Å². The maximum absolute atomic E-state index is 12.5. The normalized spacial score (nSPS) is 11.1. The van der Waals surface area contributed by atoms with Gasteiger partial charge in [-0.15, -0.1) is 11.3 Å². The van der Waals surface area contributed by atoms with Crippen molar-refractivity contribution in [3.05, 3.63) is 69.5 Å². The van der Waals surface area contributed by atoms with E-state index in [1.54, 1.807) is 36.6 Å². The molecule has 0 aliphatic rings. The number of aromatic amines is 1. The maximum Gasteiger partial charge on any atom is 0.335 e. The smallest absolute Gasteiger partial charge is 0.335 e. The van der Waals surface area contributed by atoms with Crippen molar-refractivity contribution in [2.75, 3.05) is 0 Å². The Labute approximate surface area is 155 Å². The van der Waals surface area contributed by atoms with Gasteiger partial charge in [-0.2, -0.15) is 0 Å². The van der Waals surface area contributed by atoms with Crippen LogP contribution in [0.5, 0.6) is 0 Å². The molecule has 0 saturated heterocycles. The molecule has 0 spiro atoms. The molecule has 8 heteroatoms. The highest BCUT2D eigenvalue weighted by Crippen LogP contribution is 2.32. The molecular formula is C18H12N2O4S2. The van der Waals surface area contributed by atoms with Crippen LogP contribution in [0.4, 0.5) is 0 Å². The predicted molar refractivity (Wildman–Crippen MR) is 101 cm³/mol. The number of aromatic nitrogens is 2. The third-order valence-electron chi connectivity index (χ3n) is 3.79. The van der Waals surface area contributed by atoms with E-state index in [9.17, 15) is 9.59 Å². The summed E-state index contributed by atoms with van der Waals surface area (Å²) in [5.41, 5.74) is 1.73. The summed E-state index contributed by atoms with van der Waals surface area (Å²) in [6.45, 7) is 0. The predicted octanol–water partition coefficient (Wildman–Crippen LogP) is 4.24. The molecule has 0 amide bonds. The molecule has 6 nitrogen and oxygen atoms in total. The lowest BCUT2D eigenvalue weighted by atomic mass is 10.1. The van der Waals surface area contributed by atoms with Gasteiger partial charge in [0.25, 0.3) is 5.56 Å². The number of H-pyrrole nitrogens is 1. The van der Waals surface area contributed by atoms with E-state index in [0.29, 0.717) is 26.9 Å². The SMILES string of the molecule is O=C(O)c1ccc(CSc2nc3scc(-c4ccco4)c3c(=O)[nH]2)cc1. The number of thioether (sulfide) groups is 1. The van der Waals surface area contributed by atoms with Crippen LogP contribution >= 0.6 is 23.1 Å². The van der Waals surface area contributed by atoms with Gasteiger partial charge >= 0.3 is 5.97 Å². The molecular weight excluding hydrogens is 372 g/mol. The monoisotopic (exact) mass is 384 g/mol. The van der Waals surface area contributed by atoms with Gasteiger partial charge < -0.3 is 14.5 Å². The van der Waals surface area contributed by atoms with Gasteiger partial charge in [0, 0.05) is 16.7 Å². The number of nitrogens with zero attached hydrogens (tertiary/aromatic N) is 1. The van der Waals surface area contributed by atoms with Gasteiger partial charge in [-0.3, -0.25) is 4.79 Å². The third-order valence-corrected chi connectivity index (χ3v) is 5.60. The molecule has 0 atom stereocenters. The molecule has 0 unspecified atom stereocenters. The summed E-state index contributed by atoms with van der Waals surface area (Å²) in [4.78, 5) is 31.4. The molecule has 2 N–H and O–H groups in total. The number of furan rings is 1. The largest absolute Gasteiger partial charge is 0.478 e. The first kappa shape index (κ1) is 16.6. The topological polar surface area (TPSA) is 96.2 Å². The van der Waals surface area contributed by atoms with Crippen LogP contribution in [0.2, 0.25) is 0 Å². The van der Waals surface area contributed by atoms with E-state index < -0.39 is 5.97 Å². The fraction of sp³-hybridized carbons (Fsp3) is 0.0556. The number of carboxylic acids is 1. The number of thiophene rings is 1. The molecule has 0 fully saturated rings. The zero-order valence-corrected chi connectivity index (χ0v) is 14.9. The fourth-order valence-electron chi connectivity index (χ4n) is 2.51. The number of benzene rings is 1. The standard InChI is InChI=1S/C18H12N2O4S2/c21-15-14-12(13-2-1-7-24-13)9-25-16(14)20-18(19-15)26-8-10-3-5-11(6-4-10)17(22)23/h1-7,9H,8H2,(H,22,23)(H,19,20,21). The van der Waals surface area contributed by atoms with Gasteiger partial charge in [-0.1, -0.05) is 23.9 Å². The Morgan fingerprint density at radius 2 is 2.08 bits per heavy atom. The second-order valence-electron chi connectivity index (χ2n) is 5.47. The van der Waals surface area contributed by atoms with E-state index in [1.165, 1.54) is 23.1 Å². The lowest BCUT2D eigenvalue weighted by molar-refractivity contribution is 0.0697. The summed E-state index contributed by atoms with van der Waals surface area (Å²) < 4.78 is 5.38. The minimum atomic E-state index is -0.953. The lowest BCUT2D eigenvalue weighted by Gasteiger charge is -2.03. The van der Waals surface area contributed by atoms with E-state index in [-0.39, 0.29) is 11.1 Å². The number of nitrogens with one attached hydrogen (secondary N) is 1. The number of hydrogen-bond acceptors (Lipinski definition) is 6. The highest BCUT2D eigenvalue weighted by atomic mass is 32.2. The summed E-state index contributed by atoms with van der Waals surface area (Å²) in [5, 5.41) is 11.8. The van der Waals surface area contributed by atoms with E-state index in [0.717, 1.165) is 11.1 Å². The van der Waals surface area contributed by atoms with Crippen LogP contribution in [0, 0.1) is 0 Å². The zero-order valence-electron chi connectivity index (χ0n) is 13.3. The number of hydrogen-bond donors (Lipinski definition) is 2. The molecule has 0 aliphatic carbocycles. The Morgan fingerprint density at radius 3 is 2.77 bits per heavy atom. The maximum atomic E-state index is 12.5. The van der Waals surface area contributed by atoms with Crippen LogP contribution in [0.3, 0.4) is 0 Å². The minimum Gasteiger partial charge on any atom is -0.478 e. The van der Waals surface area contributed by atoms with Crippen molar-refractivity contribution in [2.24, 2.45) is 0 Å². The zero-order chi connectivity index (χ0) is 18.1. The molecule has 130 valence electrons. The van der Waals surface area contributed by atoms with Crippen molar-refractivity contribution in [1.29, 1.82) is 0 Å². The Morgan fingerprint density at radius 1 is 1.27 bits per heavy atom. The van der Waals surface area contributed by atoms with Gasteiger partial charge in [0.05, 0.1) is 17.2 Å². The second kappa shape index (κ2) is 6.81. The van der Waals surface area contributed by atoms with Crippen LogP contribution in [0.15, 0.2) is 62.4 Å². The van der Waals surface area contributed by atoms with E-state index in [4.69, 9.17) is 9.52 Å². The van der Waals surface area contributed by atoms with Crippen LogP contribution in [0.1, 0.15) is 15.9 Å². The van der Waals surface area contributed by atoms with E-state index in [2.05, 4.69) is 9.97 Å². The van der Waals surface area contributed by atoms with Crippen LogP contribution < -0.4 is 5.56 Å². The molecule has 0 bridgehead atoms. The number of fused-ring (bicyclic) bond motifs is 1. The molecule has 4 rings (SSSR count). The highest BCUT2D eigenvalue weighted by molar-refractivity contribution is 7.98. The van der Waals surface area contributed by atoms with Crippen molar-refractivity contribution < 1.29 is 14.3 Å². The molecule has 3 heterocycles. The molecule has 0 saturated carbocycles. The van der Waals surface area contributed by atoms with Crippen molar-refractivity contribution in [1.82, 2.24) is 9.97 Å². The minimum absolute atomic E-state index is 0.202. The van der Waals surface area contributed by atoms with Gasteiger partial charge in [0.15, 0.2) is 5.16 Å². The number of carboxylic acid groups (broad SMARTS) is 1. The van der Waals surface area contributed by atoms with E-state index >= 15 is 0 Å². The summed E-state index contributed by atoms with van der Waals surface area (Å²) >= 11 is 2.79.